The predicted molar refractivity (Wildman–Crippen MR) is 101 cm³/mol. The van der Waals surface area contributed by atoms with E-state index in [9.17, 15) is 4.79 Å². The molecule has 2 aromatic heterocycles. The fraction of sp³-hybridized carbons (Fsp3) is 0.474. The fourth-order valence-corrected chi connectivity index (χ4v) is 3.37. The lowest BCUT2D eigenvalue weighted by molar-refractivity contribution is 0.0770. The Kier molecular flexibility index (Phi) is 5.52. The summed E-state index contributed by atoms with van der Waals surface area (Å²) >= 11 is 0. The third kappa shape index (κ3) is 3.99. The molecular formula is C19H23N5O4. The van der Waals surface area contributed by atoms with Crippen LogP contribution in [-0.2, 0) is 4.74 Å². The molecule has 0 aliphatic carbocycles. The Balaban J connectivity index is 1.40. The van der Waals surface area contributed by atoms with Gasteiger partial charge in [-0.2, -0.15) is 0 Å². The molecule has 0 spiro atoms. The van der Waals surface area contributed by atoms with Crippen LogP contribution in [0.5, 0.6) is 11.8 Å². The van der Waals surface area contributed by atoms with Crippen LogP contribution in [0, 0.1) is 0 Å². The van der Waals surface area contributed by atoms with E-state index in [1.807, 2.05) is 0 Å². The first-order valence-electron chi connectivity index (χ1n) is 9.34. The van der Waals surface area contributed by atoms with Crippen LogP contribution in [0.3, 0.4) is 0 Å². The predicted octanol–water partition coefficient (Wildman–Crippen LogP) is 1.01. The monoisotopic (exact) mass is 385 g/mol. The maximum atomic E-state index is 12.7. The van der Waals surface area contributed by atoms with E-state index in [2.05, 4.69) is 19.9 Å². The molecule has 4 rings (SSSR count). The van der Waals surface area contributed by atoms with Gasteiger partial charge in [0, 0.05) is 50.7 Å². The second-order valence-electron chi connectivity index (χ2n) is 6.65. The molecule has 28 heavy (non-hydrogen) atoms. The van der Waals surface area contributed by atoms with Gasteiger partial charge in [0.15, 0.2) is 5.82 Å². The number of rotatable bonds is 5. The summed E-state index contributed by atoms with van der Waals surface area (Å²) in [5, 5.41) is 0. The van der Waals surface area contributed by atoms with E-state index in [1.54, 1.807) is 36.5 Å². The molecule has 2 aromatic rings. The fourth-order valence-electron chi connectivity index (χ4n) is 3.37. The zero-order valence-corrected chi connectivity index (χ0v) is 15.8. The molecular weight excluding hydrogens is 362 g/mol. The number of ether oxygens (including phenoxy) is 3. The van der Waals surface area contributed by atoms with Gasteiger partial charge in [0.1, 0.15) is 6.10 Å². The topological polar surface area (TPSA) is 89.9 Å². The van der Waals surface area contributed by atoms with Gasteiger partial charge in [-0.15, -0.1) is 0 Å². The van der Waals surface area contributed by atoms with Crippen molar-refractivity contribution in [3.8, 4) is 11.8 Å². The van der Waals surface area contributed by atoms with E-state index >= 15 is 0 Å². The molecule has 0 saturated carbocycles. The maximum absolute atomic E-state index is 12.7. The summed E-state index contributed by atoms with van der Waals surface area (Å²) in [6.45, 7) is 3.98. The van der Waals surface area contributed by atoms with Crippen molar-refractivity contribution in [3.05, 3.63) is 36.3 Å². The van der Waals surface area contributed by atoms with Gasteiger partial charge >= 0.3 is 0 Å². The van der Waals surface area contributed by atoms with Crippen molar-refractivity contribution in [3.63, 3.8) is 0 Å². The number of morpholine rings is 1. The summed E-state index contributed by atoms with van der Waals surface area (Å²) in [6, 6.07) is 3.41. The molecule has 1 unspecified atom stereocenters. The zero-order valence-electron chi connectivity index (χ0n) is 15.8. The Morgan fingerprint density at radius 1 is 1.14 bits per heavy atom. The van der Waals surface area contributed by atoms with Crippen molar-refractivity contribution in [1.82, 2.24) is 19.9 Å². The van der Waals surface area contributed by atoms with Gasteiger partial charge in [0.25, 0.3) is 11.8 Å². The van der Waals surface area contributed by atoms with Crippen LogP contribution in [0.2, 0.25) is 0 Å². The second kappa shape index (κ2) is 8.39. The number of methoxy groups -OCH3 is 1. The van der Waals surface area contributed by atoms with Gasteiger partial charge in [-0.05, 0) is 6.07 Å². The summed E-state index contributed by atoms with van der Waals surface area (Å²) in [4.78, 5) is 29.5. The molecule has 2 saturated heterocycles. The SMILES string of the molecule is COc1ccc(C(=O)N2CCC(Oc3nccnc3N3CCOCC3)C2)cn1. The number of likely N-dealkylation sites (tertiary alicyclic amines) is 1. The molecule has 4 heterocycles. The molecule has 1 atom stereocenters. The molecule has 0 radical (unpaired) electrons. The lowest BCUT2D eigenvalue weighted by atomic mass is 10.2. The van der Waals surface area contributed by atoms with Crippen molar-refractivity contribution < 1.29 is 19.0 Å². The first kappa shape index (κ1) is 18.4. The molecule has 2 aliphatic heterocycles. The van der Waals surface area contributed by atoms with E-state index in [4.69, 9.17) is 14.2 Å². The number of amides is 1. The third-order valence-electron chi connectivity index (χ3n) is 4.86. The molecule has 2 aliphatic rings. The van der Waals surface area contributed by atoms with E-state index in [0.29, 0.717) is 43.6 Å². The number of hydrogen-bond donors (Lipinski definition) is 0. The Labute approximate surface area is 163 Å². The van der Waals surface area contributed by atoms with Crippen molar-refractivity contribution in [2.24, 2.45) is 0 Å². The highest BCUT2D eigenvalue weighted by molar-refractivity contribution is 5.94. The quantitative estimate of drug-likeness (QED) is 0.753. The molecule has 1 amide bonds. The first-order chi connectivity index (χ1) is 13.7. The van der Waals surface area contributed by atoms with Crippen LogP contribution in [0.4, 0.5) is 5.82 Å². The molecule has 0 N–H and O–H groups in total. The van der Waals surface area contributed by atoms with Gasteiger partial charge < -0.3 is 24.0 Å². The molecule has 148 valence electrons. The van der Waals surface area contributed by atoms with Crippen LogP contribution in [0.15, 0.2) is 30.7 Å². The number of hydrogen-bond acceptors (Lipinski definition) is 8. The lowest BCUT2D eigenvalue weighted by Crippen LogP contribution is -2.37. The van der Waals surface area contributed by atoms with Crippen molar-refractivity contribution in [2.75, 3.05) is 51.4 Å². The Hall–Kier alpha value is -2.94. The van der Waals surface area contributed by atoms with E-state index in [1.165, 1.54) is 6.20 Å². The standard InChI is InChI=1S/C19H23N5O4/c1-26-16-3-2-14(12-22-16)19(25)24-7-4-15(13-24)28-18-17(20-5-6-21-18)23-8-10-27-11-9-23/h2-3,5-6,12,15H,4,7-11,13H2,1H3. The highest BCUT2D eigenvalue weighted by Gasteiger charge is 2.30. The Bertz CT molecular complexity index is 810. The van der Waals surface area contributed by atoms with Crippen molar-refractivity contribution in [2.45, 2.75) is 12.5 Å². The van der Waals surface area contributed by atoms with Crippen LogP contribution in [0.1, 0.15) is 16.8 Å². The number of aromatic nitrogens is 3. The van der Waals surface area contributed by atoms with E-state index < -0.39 is 0 Å². The highest BCUT2D eigenvalue weighted by Crippen LogP contribution is 2.26. The maximum Gasteiger partial charge on any atom is 0.257 e. The average Bonchev–Trinajstić information content (AvgIpc) is 3.23. The van der Waals surface area contributed by atoms with Gasteiger partial charge in [-0.25, -0.2) is 15.0 Å². The first-order valence-corrected chi connectivity index (χ1v) is 9.34. The van der Waals surface area contributed by atoms with Gasteiger partial charge in [0.05, 0.1) is 32.4 Å². The Morgan fingerprint density at radius 2 is 1.96 bits per heavy atom. The summed E-state index contributed by atoms with van der Waals surface area (Å²) in [5.74, 6) is 1.66. The van der Waals surface area contributed by atoms with Gasteiger partial charge in [-0.3, -0.25) is 4.79 Å². The smallest absolute Gasteiger partial charge is 0.257 e. The number of pyridine rings is 1. The lowest BCUT2D eigenvalue weighted by Gasteiger charge is -2.29. The largest absolute Gasteiger partial charge is 0.481 e. The third-order valence-corrected chi connectivity index (χ3v) is 4.86. The number of carbonyl (C=O) groups excluding carboxylic acids is 1. The molecule has 0 aromatic carbocycles. The van der Waals surface area contributed by atoms with Crippen molar-refractivity contribution in [1.29, 1.82) is 0 Å². The zero-order chi connectivity index (χ0) is 19.3. The average molecular weight is 385 g/mol. The molecule has 9 nitrogen and oxygen atoms in total. The molecule has 9 heteroatoms. The number of carbonyl (C=O) groups is 1. The summed E-state index contributed by atoms with van der Waals surface area (Å²) < 4.78 is 16.6. The second-order valence-corrected chi connectivity index (χ2v) is 6.65. The van der Waals surface area contributed by atoms with Gasteiger partial charge in [0.2, 0.25) is 5.88 Å². The Morgan fingerprint density at radius 3 is 2.71 bits per heavy atom. The van der Waals surface area contributed by atoms with Crippen LogP contribution in [0.25, 0.3) is 0 Å². The number of anilines is 1. The minimum Gasteiger partial charge on any atom is -0.481 e. The highest BCUT2D eigenvalue weighted by atomic mass is 16.5. The normalized spacial score (nSPS) is 19.5. The van der Waals surface area contributed by atoms with Gasteiger partial charge in [-0.1, -0.05) is 0 Å². The van der Waals surface area contributed by atoms with Crippen molar-refractivity contribution >= 4 is 11.7 Å². The summed E-state index contributed by atoms with van der Waals surface area (Å²) in [7, 11) is 1.55. The van der Waals surface area contributed by atoms with Crippen LogP contribution in [-0.4, -0.2) is 78.4 Å². The van der Waals surface area contributed by atoms with E-state index in [-0.39, 0.29) is 12.0 Å². The van der Waals surface area contributed by atoms with Crippen LogP contribution < -0.4 is 14.4 Å². The van der Waals surface area contributed by atoms with E-state index in [0.717, 1.165) is 25.3 Å². The van der Waals surface area contributed by atoms with Crippen LogP contribution >= 0.6 is 0 Å². The minimum absolute atomic E-state index is 0.0613. The minimum atomic E-state index is -0.119. The summed E-state index contributed by atoms with van der Waals surface area (Å²) in [6.07, 6.45) is 5.45. The summed E-state index contributed by atoms with van der Waals surface area (Å²) in [5.41, 5.74) is 0.537. The number of nitrogens with zero attached hydrogens (tertiary/aromatic N) is 5. The molecule has 0 bridgehead atoms. The molecule has 2 fully saturated rings.